The van der Waals surface area contributed by atoms with Crippen LogP contribution in [0.1, 0.15) is 17.5 Å². The number of sulfone groups is 1. The van der Waals surface area contributed by atoms with Crippen molar-refractivity contribution in [2.24, 2.45) is 0 Å². The molecule has 23 heavy (non-hydrogen) atoms. The molecule has 1 aliphatic heterocycles. The number of anilines is 2. The van der Waals surface area contributed by atoms with Crippen molar-refractivity contribution in [1.82, 2.24) is 9.97 Å². The molecule has 0 saturated carbocycles. The molecule has 6 nitrogen and oxygen atoms in total. The number of nitrogens with one attached hydrogen (secondary N) is 2. The first-order valence-corrected chi connectivity index (χ1v) is 9.42. The van der Waals surface area contributed by atoms with Gasteiger partial charge in [-0.05, 0) is 30.5 Å². The van der Waals surface area contributed by atoms with Crippen LogP contribution in [0.3, 0.4) is 0 Å². The van der Waals surface area contributed by atoms with Gasteiger partial charge in [-0.15, -0.1) is 0 Å². The molecule has 1 aliphatic rings. The smallest absolute Gasteiger partial charge is 0.224 e. The lowest BCUT2D eigenvalue weighted by atomic mass is 10.1. The van der Waals surface area contributed by atoms with Gasteiger partial charge in [0.05, 0.1) is 11.5 Å². The van der Waals surface area contributed by atoms with E-state index < -0.39 is 9.84 Å². The molecule has 1 aromatic heterocycles. The third-order valence-corrected chi connectivity index (χ3v) is 5.71. The molecule has 2 N–H and O–H groups in total. The highest BCUT2D eigenvalue weighted by Gasteiger charge is 2.27. The summed E-state index contributed by atoms with van der Waals surface area (Å²) in [7, 11) is -2.90. The lowest BCUT2D eigenvalue weighted by Gasteiger charge is -2.13. The number of aromatic nitrogens is 2. The molecule has 7 heteroatoms. The van der Waals surface area contributed by atoms with Crippen LogP contribution >= 0.6 is 0 Å². The Morgan fingerprint density at radius 2 is 2.09 bits per heavy atom. The standard InChI is InChI=1S/C16H20N4O2S/c1-12-4-2-3-5-13(12)10-18-16-17-8-6-15(20-16)19-14-7-9-23(21,22)11-14/h2-6,8,14H,7,9-11H2,1H3,(H2,17,18,19,20). The van der Waals surface area contributed by atoms with Crippen molar-refractivity contribution in [3.05, 3.63) is 47.7 Å². The van der Waals surface area contributed by atoms with E-state index in [9.17, 15) is 8.42 Å². The molecule has 0 aliphatic carbocycles. The Bertz CT molecular complexity index is 792. The maximum Gasteiger partial charge on any atom is 0.224 e. The lowest BCUT2D eigenvalue weighted by molar-refractivity contribution is 0.602. The second-order valence-electron chi connectivity index (χ2n) is 5.79. The van der Waals surface area contributed by atoms with Crippen molar-refractivity contribution in [1.29, 1.82) is 0 Å². The van der Waals surface area contributed by atoms with Crippen LogP contribution < -0.4 is 10.6 Å². The van der Waals surface area contributed by atoms with Crippen molar-refractivity contribution in [3.63, 3.8) is 0 Å². The van der Waals surface area contributed by atoms with E-state index in [1.807, 2.05) is 12.1 Å². The summed E-state index contributed by atoms with van der Waals surface area (Å²) in [4.78, 5) is 8.61. The van der Waals surface area contributed by atoms with E-state index in [1.165, 1.54) is 11.1 Å². The molecule has 1 aromatic carbocycles. The second-order valence-corrected chi connectivity index (χ2v) is 8.02. The Morgan fingerprint density at radius 3 is 2.83 bits per heavy atom. The van der Waals surface area contributed by atoms with Gasteiger partial charge in [0.1, 0.15) is 5.82 Å². The largest absolute Gasteiger partial charge is 0.366 e. The van der Waals surface area contributed by atoms with Gasteiger partial charge in [-0.2, -0.15) is 4.98 Å². The molecule has 2 aromatic rings. The number of aryl methyl sites for hydroxylation is 1. The molecule has 0 spiro atoms. The van der Waals surface area contributed by atoms with Crippen LogP contribution in [0.5, 0.6) is 0 Å². The molecule has 3 rings (SSSR count). The summed E-state index contributed by atoms with van der Waals surface area (Å²) in [5, 5.41) is 6.38. The average Bonchev–Trinajstić information content (AvgIpc) is 2.86. The van der Waals surface area contributed by atoms with Crippen LogP contribution in [0.25, 0.3) is 0 Å². The van der Waals surface area contributed by atoms with Crippen molar-refractivity contribution < 1.29 is 8.42 Å². The van der Waals surface area contributed by atoms with E-state index in [-0.39, 0.29) is 17.5 Å². The van der Waals surface area contributed by atoms with Crippen molar-refractivity contribution >= 4 is 21.6 Å². The molecular formula is C16H20N4O2S. The summed E-state index contributed by atoms with van der Waals surface area (Å²) in [6.45, 7) is 2.71. The zero-order valence-corrected chi connectivity index (χ0v) is 13.8. The van der Waals surface area contributed by atoms with Crippen LogP contribution in [0, 0.1) is 6.92 Å². The van der Waals surface area contributed by atoms with E-state index in [1.54, 1.807) is 12.3 Å². The first-order chi connectivity index (χ1) is 11.0. The van der Waals surface area contributed by atoms with Crippen molar-refractivity contribution in [2.45, 2.75) is 25.9 Å². The van der Waals surface area contributed by atoms with E-state index >= 15 is 0 Å². The molecular weight excluding hydrogens is 312 g/mol. The highest BCUT2D eigenvalue weighted by atomic mass is 32.2. The molecule has 2 heterocycles. The Morgan fingerprint density at radius 1 is 1.26 bits per heavy atom. The highest BCUT2D eigenvalue weighted by molar-refractivity contribution is 7.91. The van der Waals surface area contributed by atoms with E-state index in [2.05, 4.69) is 39.7 Å². The normalized spacial score (nSPS) is 19.4. The van der Waals surface area contributed by atoms with Crippen LogP contribution in [0.2, 0.25) is 0 Å². The number of hydrogen-bond acceptors (Lipinski definition) is 6. The number of nitrogens with zero attached hydrogens (tertiary/aromatic N) is 2. The molecule has 0 radical (unpaired) electrons. The molecule has 0 bridgehead atoms. The van der Waals surface area contributed by atoms with Crippen LogP contribution in [0.15, 0.2) is 36.5 Å². The summed E-state index contributed by atoms with van der Waals surface area (Å²) >= 11 is 0. The topological polar surface area (TPSA) is 84.0 Å². The average molecular weight is 332 g/mol. The lowest BCUT2D eigenvalue weighted by Crippen LogP contribution is -2.21. The predicted octanol–water partition coefficient (Wildman–Crippen LogP) is 2.00. The van der Waals surface area contributed by atoms with Crippen LogP contribution in [0.4, 0.5) is 11.8 Å². The third-order valence-electron chi connectivity index (χ3n) is 3.94. The number of rotatable bonds is 5. The highest BCUT2D eigenvalue weighted by Crippen LogP contribution is 2.17. The molecule has 122 valence electrons. The van der Waals surface area contributed by atoms with E-state index in [0.717, 1.165) is 0 Å². The minimum Gasteiger partial charge on any atom is -0.366 e. The predicted molar refractivity (Wildman–Crippen MR) is 91.2 cm³/mol. The summed E-state index contributed by atoms with van der Waals surface area (Å²) in [6.07, 6.45) is 2.29. The van der Waals surface area contributed by atoms with Gasteiger partial charge in [0, 0.05) is 18.8 Å². The monoisotopic (exact) mass is 332 g/mol. The Labute approximate surface area is 136 Å². The Kier molecular flexibility index (Phi) is 4.47. The van der Waals surface area contributed by atoms with Gasteiger partial charge in [0.25, 0.3) is 0 Å². The number of hydrogen-bond donors (Lipinski definition) is 2. The molecule has 0 amide bonds. The molecule has 1 atom stereocenters. The van der Waals surface area contributed by atoms with Gasteiger partial charge in [-0.3, -0.25) is 0 Å². The maximum absolute atomic E-state index is 11.5. The molecule has 1 unspecified atom stereocenters. The summed E-state index contributed by atoms with van der Waals surface area (Å²) in [5.41, 5.74) is 2.40. The Balaban J connectivity index is 1.62. The molecule has 1 saturated heterocycles. The fourth-order valence-electron chi connectivity index (χ4n) is 2.62. The van der Waals surface area contributed by atoms with Gasteiger partial charge in [0.15, 0.2) is 9.84 Å². The summed E-state index contributed by atoms with van der Waals surface area (Å²) < 4.78 is 23.0. The van der Waals surface area contributed by atoms with Crippen molar-refractivity contribution in [3.8, 4) is 0 Å². The van der Waals surface area contributed by atoms with Gasteiger partial charge >= 0.3 is 0 Å². The first-order valence-electron chi connectivity index (χ1n) is 7.60. The van der Waals surface area contributed by atoms with E-state index in [0.29, 0.717) is 24.7 Å². The van der Waals surface area contributed by atoms with Crippen LogP contribution in [-0.4, -0.2) is 35.9 Å². The first kappa shape index (κ1) is 15.7. The van der Waals surface area contributed by atoms with Gasteiger partial charge < -0.3 is 10.6 Å². The summed E-state index contributed by atoms with van der Waals surface area (Å²) in [5.74, 6) is 1.59. The zero-order valence-electron chi connectivity index (χ0n) is 13.0. The Hall–Kier alpha value is -2.15. The van der Waals surface area contributed by atoms with Gasteiger partial charge in [-0.25, -0.2) is 13.4 Å². The number of benzene rings is 1. The second kappa shape index (κ2) is 6.54. The van der Waals surface area contributed by atoms with Gasteiger partial charge in [0.2, 0.25) is 5.95 Å². The van der Waals surface area contributed by atoms with E-state index in [4.69, 9.17) is 0 Å². The maximum atomic E-state index is 11.5. The molecule has 1 fully saturated rings. The summed E-state index contributed by atoms with van der Waals surface area (Å²) in [6, 6.07) is 9.83. The van der Waals surface area contributed by atoms with Crippen molar-refractivity contribution in [2.75, 3.05) is 22.1 Å². The zero-order chi connectivity index (χ0) is 16.3. The fourth-order valence-corrected chi connectivity index (χ4v) is 4.30. The van der Waals surface area contributed by atoms with Crippen LogP contribution in [-0.2, 0) is 16.4 Å². The fraction of sp³-hybridized carbons (Fsp3) is 0.375. The minimum absolute atomic E-state index is 0.0703. The quantitative estimate of drug-likeness (QED) is 0.871. The third kappa shape index (κ3) is 4.19. The SMILES string of the molecule is Cc1ccccc1CNc1nccc(NC2CCS(=O)(=O)C2)n1. The van der Waals surface area contributed by atoms with Gasteiger partial charge in [-0.1, -0.05) is 24.3 Å². The minimum atomic E-state index is -2.90.